The normalized spacial score (nSPS) is 20.9. The first-order valence-corrected chi connectivity index (χ1v) is 7.04. The minimum atomic E-state index is -0.426. The molecule has 4 nitrogen and oxygen atoms in total. The van der Waals surface area contributed by atoms with Crippen molar-refractivity contribution < 1.29 is 14.6 Å². The maximum absolute atomic E-state index is 12.1. The van der Waals surface area contributed by atoms with Crippen LogP contribution >= 0.6 is 0 Å². The summed E-state index contributed by atoms with van der Waals surface area (Å²) < 4.78 is 5.45. The Labute approximate surface area is 110 Å². The average molecular weight is 257 g/mol. The number of ether oxygens (including phenoxy) is 1. The zero-order chi connectivity index (χ0) is 13.6. The number of aliphatic hydroxyl groups is 1. The standard InChI is InChI=1S/C14H27NO3/c1-14(2,3)18-13(17)15-10-6-4-8-12(15)9-5-7-11-16/h12,16H,4-11H2,1-3H3/t12-/m0/s1. The first kappa shape index (κ1) is 15.3. The van der Waals surface area contributed by atoms with Crippen molar-refractivity contribution in [2.45, 2.75) is 70.9 Å². The Morgan fingerprint density at radius 3 is 2.67 bits per heavy atom. The zero-order valence-electron chi connectivity index (χ0n) is 11.9. The summed E-state index contributed by atoms with van der Waals surface area (Å²) in [4.78, 5) is 14.0. The molecule has 0 aromatic heterocycles. The molecule has 1 aliphatic rings. The van der Waals surface area contributed by atoms with E-state index in [0.717, 1.165) is 38.6 Å². The largest absolute Gasteiger partial charge is 0.444 e. The second kappa shape index (κ2) is 6.98. The topological polar surface area (TPSA) is 49.8 Å². The number of nitrogens with zero attached hydrogens (tertiary/aromatic N) is 1. The summed E-state index contributed by atoms with van der Waals surface area (Å²) in [5.74, 6) is 0. The van der Waals surface area contributed by atoms with Gasteiger partial charge in [0.2, 0.25) is 0 Å². The van der Waals surface area contributed by atoms with Gasteiger partial charge >= 0.3 is 6.09 Å². The van der Waals surface area contributed by atoms with E-state index in [2.05, 4.69) is 0 Å². The summed E-state index contributed by atoms with van der Waals surface area (Å²) >= 11 is 0. The van der Waals surface area contributed by atoms with Gasteiger partial charge in [-0.05, 0) is 59.3 Å². The van der Waals surface area contributed by atoms with Crippen molar-refractivity contribution in [1.82, 2.24) is 4.90 Å². The number of aliphatic hydroxyl groups excluding tert-OH is 1. The smallest absolute Gasteiger partial charge is 0.410 e. The van der Waals surface area contributed by atoms with E-state index < -0.39 is 5.60 Å². The predicted molar refractivity (Wildman–Crippen MR) is 71.5 cm³/mol. The second-order valence-electron chi connectivity index (χ2n) is 6.04. The highest BCUT2D eigenvalue weighted by Crippen LogP contribution is 2.23. The van der Waals surface area contributed by atoms with Crippen molar-refractivity contribution in [2.24, 2.45) is 0 Å². The van der Waals surface area contributed by atoms with Crippen LogP contribution < -0.4 is 0 Å². The van der Waals surface area contributed by atoms with E-state index in [0.29, 0.717) is 6.04 Å². The maximum atomic E-state index is 12.1. The van der Waals surface area contributed by atoms with Crippen LogP contribution in [0.3, 0.4) is 0 Å². The molecule has 0 aromatic rings. The monoisotopic (exact) mass is 257 g/mol. The fourth-order valence-electron chi connectivity index (χ4n) is 2.35. The Hall–Kier alpha value is -0.770. The molecule has 4 heteroatoms. The molecule has 1 aliphatic heterocycles. The van der Waals surface area contributed by atoms with Crippen molar-refractivity contribution in [3.8, 4) is 0 Å². The Morgan fingerprint density at radius 1 is 1.33 bits per heavy atom. The van der Waals surface area contributed by atoms with Crippen LogP contribution in [0, 0.1) is 0 Å². The van der Waals surface area contributed by atoms with Gasteiger partial charge in [0.05, 0.1) is 0 Å². The van der Waals surface area contributed by atoms with Gasteiger partial charge in [-0.2, -0.15) is 0 Å². The lowest BCUT2D eigenvalue weighted by atomic mass is 9.98. The summed E-state index contributed by atoms with van der Waals surface area (Å²) in [6, 6.07) is 0.292. The van der Waals surface area contributed by atoms with Crippen molar-refractivity contribution in [1.29, 1.82) is 0 Å². The van der Waals surface area contributed by atoms with Crippen LogP contribution in [-0.2, 0) is 4.74 Å². The van der Waals surface area contributed by atoms with Gasteiger partial charge in [-0.15, -0.1) is 0 Å². The lowest BCUT2D eigenvalue weighted by Crippen LogP contribution is -2.46. The molecule has 18 heavy (non-hydrogen) atoms. The summed E-state index contributed by atoms with van der Waals surface area (Å²) in [7, 11) is 0. The van der Waals surface area contributed by atoms with Gasteiger partial charge in [-0.25, -0.2) is 4.79 Å². The van der Waals surface area contributed by atoms with Gasteiger partial charge < -0.3 is 14.7 Å². The number of carbonyl (C=O) groups excluding carboxylic acids is 1. The first-order valence-electron chi connectivity index (χ1n) is 7.04. The molecule has 0 radical (unpaired) electrons. The summed E-state index contributed by atoms with van der Waals surface area (Å²) in [5, 5.41) is 8.82. The summed E-state index contributed by atoms with van der Waals surface area (Å²) in [6.45, 7) is 6.73. The summed E-state index contributed by atoms with van der Waals surface area (Å²) in [6.07, 6.45) is 5.89. The number of piperidine rings is 1. The molecule has 1 amide bonds. The van der Waals surface area contributed by atoms with E-state index >= 15 is 0 Å². The third kappa shape index (κ3) is 5.25. The van der Waals surface area contributed by atoms with Gasteiger partial charge in [-0.1, -0.05) is 0 Å². The van der Waals surface area contributed by atoms with Crippen molar-refractivity contribution in [3.05, 3.63) is 0 Å². The van der Waals surface area contributed by atoms with E-state index in [1.54, 1.807) is 0 Å². The Balaban J connectivity index is 2.50. The van der Waals surface area contributed by atoms with Crippen LogP contribution in [0.2, 0.25) is 0 Å². The Morgan fingerprint density at radius 2 is 2.06 bits per heavy atom. The lowest BCUT2D eigenvalue weighted by molar-refractivity contribution is 0.00850. The zero-order valence-corrected chi connectivity index (χ0v) is 11.9. The number of hydrogen-bond acceptors (Lipinski definition) is 3. The molecule has 1 atom stereocenters. The third-order valence-electron chi connectivity index (χ3n) is 3.20. The highest BCUT2D eigenvalue weighted by atomic mass is 16.6. The molecule has 1 fully saturated rings. The van der Waals surface area contributed by atoms with E-state index in [1.165, 1.54) is 6.42 Å². The number of amides is 1. The van der Waals surface area contributed by atoms with Crippen LogP contribution in [-0.4, -0.2) is 40.9 Å². The molecule has 106 valence electrons. The SMILES string of the molecule is CC(C)(C)OC(=O)N1CCCC[C@H]1CCCCO. The van der Waals surface area contributed by atoms with E-state index in [9.17, 15) is 4.79 Å². The molecule has 0 aromatic carbocycles. The van der Waals surface area contributed by atoms with Gasteiger partial charge in [0.1, 0.15) is 5.60 Å². The molecule has 1 heterocycles. The van der Waals surface area contributed by atoms with Crippen LogP contribution in [0.25, 0.3) is 0 Å². The quantitative estimate of drug-likeness (QED) is 0.788. The second-order valence-corrected chi connectivity index (χ2v) is 6.04. The fourth-order valence-corrected chi connectivity index (χ4v) is 2.35. The van der Waals surface area contributed by atoms with Gasteiger partial charge in [0.25, 0.3) is 0 Å². The molecule has 1 saturated heterocycles. The minimum absolute atomic E-state index is 0.184. The van der Waals surface area contributed by atoms with Crippen molar-refractivity contribution in [3.63, 3.8) is 0 Å². The average Bonchev–Trinajstić information content (AvgIpc) is 2.27. The highest BCUT2D eigenvalue weighted by molar-refractivity contribution is 5.68. The Kier molecular flexibility index (Phi) is 5.93. The highest BCUT2D eigenvalue weighted by Gasteiger charge is 2.29. The molecule has 0 unspecified atom stereocenters. The van der Waals surface area contributed by atoms with E-state index in [4.69, 9.17) is 9.84 Å². The van der Waals surface area contributed by atoms with Crippen LogP contribution in [0.5, 0.6) is 0 Å². The molecular formula is C14H27NO3. The van der Waals surface area contributed by atoms with Crippen molar-refractivity contribution >= 4 is 6.09 Å². The van der Waals surface area contributed by atoms with E-state index in [1.807, 2.05) is 25.7 Å². The molecule has 1 rings (SSSR count). The predicted octanol–water partition coefficient (Wildman–Crippen LogP) is 2.94. The van der Waals surface area contributed by atoms with Gasteiger partial charge in [0, 0.05) is 19.2 Å². The fraction of sp³-hybridized carbons (Fsp3) is 0.929. The molecular weight excluding hydrogens is 230 g/mol. The summed E-state index contributed by atoms with van der Waals surface area (Å²) in [5.41, 5.74) is -0.426. The number of hydrogen-bond donors (Lipinski definition) is 1. The molecule has 0 aliphatic carbocycles. The first-order chi connectivity index (χ1) is 8.44. The lowest BCUT2D eigenvalue weighted by Gasteiger charge is -2.36. The minimum Gasteiger partial charge on any atom is -0.444 e. The van der Waals surface area contributed by atoms with E-state index in [-0.39, 0.29) is 12.7 Å². The van der Waals surface area contributed by atoms with Crippen LogP contribution in [0.1, 0.15) is 59.3 Å². The number of likely N-dealkylation sites (tertiary alicyclic amines) is 1. The van der Waals surface area contributed by atoms with Gasteiger partial charge in [0.15, 0.2) is 0 Å². The third-order valence-corrected chi connectivity index (χ3v) is 3.20. The van der Waals surface area contributed by atoms with Crippen LogP contribution in [0.4, 0.5) is 4.79 Å². The van der Waals surface area contributed by atoms with Crippen LogP contribution in [0.15, 0.2) is 0 Å². The number of unbranched alkanes of at least 4 members (excludes halogenated alkanes) is 1. The molecule has 0 bridgehead atoms. The molecule has 1 N–H and O–H groups in total. The molecule has 0 saturated carbocycles. The van der Waals surface area contributed by atoms with Gasteiger partial charge in [-0.3, -0.25) is 0 Å². The number of rotatable bonds is 4. The van der Waals surface area contributed by atoms with Crippen molar-refractivity contribution in [2.75, 3.05) is 13.2 Å². The maximum Gasteiger partial charge on any atom is 0.410 e. The number of carbonyl (C=O) groups is 1. The Bertz CT molecular complexity index is 260. The molecule has 0 spiro atoms.